The van der Waals surface area contributed by atoms with E-state index in [9.17, 15) is 4.79 Å². The number of fused-ring (bicyclic) bond motifs is 1. The SMILES string of the molecule is CCC1c2ccccc2CCN1C(=CC=O)c1cc(Cc2cnc(N)nc2N)cc(OC)c1OC. The summed E-state index contributed by atoms with van der Waals surface area (Å²) < 4.78 is 11.5. The van der Waals surface area contributed by atoms with Crippen molar-refractivity contribution in [1.29, 1.82) is 0 Å². The van der Waals surface area contributed by atoms with Crippen molar-refractivity contribution in [3.8, 4) is 11.5 Å². The minimum absolute atomic E-state index is 0.131. The first-order valence-electron chi connectivity index (χ1n) is 11.6. The molecule has 3 aromatic rings. The highest BCUT2D eigenvalue weighted by molar-refractivity contribution is 5.84. The van der Waals surface area contributed by atoms with Crippen LogP contribution in [0.5, 0.6) is 11.5 Å². The van der Waals surface area contributed by atoms with Gasteiger partial charge in [0.2, 0.25) is 5.95 Å². The fraction of sp³-hybridized carbons (Fsp3) is 0.296. The maximum Gasteiger partial charge on any atom is 0.221 e. The Labute approximate surface area is 205 Å². The molecule has 35 heavy (non-hydrogen) atoms. The molecule has 0 fully saturated rings. The molecule has 1 atom stereocenters. The van der Waals surface area contributed by atoms with Crippen molar-refractivity contribution in [3.05, 3.63) is 76.5 Å². The largest absolute Gasteiger partial charge is 0.493 e. The summed E-state index contributed by atoms with van der Waals surface area (Å²) in [5.74, 6) is 1.60. The molecule has 2 aromatic carbocycles. The first kappa shape index (κ1) is 24.1. The zero-order chi connectivity index (χ0) is 24.9. The van der Waals surface area contributed by atoms with E-state index in [1.165, 1.54) is 11.1 Å². The van der Waals surface area contributed by atoms with Crippen molar-refractivity contribution in [1.82, 2.24) is 14.9 Å². The Kier molecular flexibility index (Phi) is 7.19. The summed E-state index contributed by atoms with van der Waals surface area (Å²) in [7, 11) is 3.20. The second-order valence-corrected chi connectivity index (χ2v) is 8.45. The van der Waals surface area contributed by atoms with Crippen molar-refractivity contribution in [2.75, 3.05) is 32.2 Å². The third-order valence-corrected chi connectivity index (χ3v) is 6.46. The van der Waals surface area contributed by atoms with Crippen LogP contribution in [-0.2, 0) is 17.6 Å². The molecule has 0 amide bonds. The van der Waals surface area contributed by atoms with Gasteiger partial charge in [0.05, 0.1) is 26.0 Å². The summed E-state index contributed by atoms with van der Waals surface area (Å²) in [6, 6.07) is 12.5. The van der Waals surface area contributed by atoms with Crippen LogP contribution in [0.15, 0.2) is 48.7 Å². The Morgan fingerprint density at radius 3 is 2.69 bits per heavy atom. The molecule has 1 unspecified atom stereocenters. The second kappa shape index (κ2) is 10.5. The monoisotopic (exact) mass is 473 g/mol. The van der Waals surface area contributed by atoms with E-state index in [2.05, 4.69) is 46.1 Å². The molecular formula is C27H31N5O3. The number of methoxy groups -OCH3 is 2. The van der Waals surface area contributed by atoms with Crippen LogP contribution in [-0.4, -0.2) is 41.9 Å². The maximum atomic E-state index is 11.9. The number of hydrogen-bond acceptors (Lipinski definition) is 8. The molecule has 0 radical (unpaired) electrons. The Morgan fingerprint density at radius 2 is 2.00 bits per heavy atom. The van der Waals surface area contributed by atoms with E-state index in [1.54, 1.807) is 26.5 Å². The number of nitrogens with zero attached hydrogens (tertiary/aromatic N) is 3. The quantitative estimate of drug-likeness (QED) is 0.375. The lowest BCUT2D eigenvalue weighted by atomic mass is 9.89. The number of aromatic nitrogens is 2. The molecule has 0 saturated heterocycles. The summed E-state index contributed by atoms with van der Waals surface area (Å²) >= 11 is 0. The van der Waals surface area contributed by atoms with Gasteiger partial charge in [0, 0.05) is 36.4 Å². The molecule has 8 heteroatoms. The van der Waals surface area contributed by atoms with Crippen molar-refractivity contribution in [2.45, 2.75) is 32.2 Å². The Hall–Kier alpha value is -4.07. The zero-order valence-electron chi connectivity index (χ0n) is 20.3. The van der Waals surface area contributed by atoms with Crippen LogP contribution in [0, 0.1) is 0 Å². The number of ether oxygens (including phenoxy) is 2. The van der Waals surface area contributed by atoms with Crippen molar-refractivity contribution in [3.63, 3.8) is 0 Å². The third kappa shape index (κ3) is 4.77. The van der Waals surface area contributed by atoms with Gasteiger partial charge in [-0.25, -0.2) is 4.98 Å². The van der Waals surface area contributed by atoms with Crippen LogP contribution in [0.4, 0.5) is 11.8 Å². The molecule has 1 aromatic heterocycles. The van der Waals surface area contributed by atoms with Gasteiger partial charge in [-0.05, 0) is 41.7 Å². The van der Waals surface area contributed by atoms with Crippen molar-refractivity contribution in [2.24, 2.45) is 0 Å². The molecular weight excluding hydrogens is 442 g/mol. The maximum absolute atomic E-state index is 11.9. The van der Waals surface area contributed by atoms with Gasteiger partial charge in [0.1, 0.15) is 12.1 Å². The lowest BCUT2D eigenvalue weighted by Crippen LogP contribution is -2.34. The minimum Gasteiger partial charge on any atom is -0.493 e. The van der Waals surface area contributed by atoms with Crippen LogP contribution in [0.2, 0.25) is 0 Å². The number of nitrogen functional groups attached to an aromatic ring is 2. The van der Waals surface area contributed by atoms with E-state index in [4.69, 9.17) is 20.9 Å². The van der Waals surface area contributed by atoms with Crippen LogP contribution >= 0.6 is 0 Å². The fourth-order valence-electron chi connectivity index (χ4n) is 4.89. The highest BCUT2D eigenvalue weighted by Gasteiger charge is 2.30. The predicted octanol–water partition coefficient (Wildman–Crippen LogP) is 3.80. The average Bonchev–Trinajstić information content (AvgIpc) is 2.87. The fourth-order valence-corrected chi connectivity index (χ4v) is 4.89. The number of rotatable bonds is 8. The number of anilines is 2. The number of aldehydes is 1. The molecule has 2 heterocycles. The number of hydrogen-bond donors (Lipinski definition) is 2. The van der Waals surface area contributed by atoms with E-state index in [1.807, 2.05) is 12.1 Å². The first-order chi connectivity index (χ1) is 17.0. The Morgan fingerprint density at radius 1 is 1.20 bits per heavy atom. The van der Waals surface area contributed by atoms with Gasteiger partial charge < -0.3 is 25.8 Å². The molecule has 0 bridgehead atoms. The van der Waals surface area contributed by atoms with Gasteiger partial charge in [0.25, 0.3) is 0 Å². The summed E-state index contributed by atoms with van der Waals surface area (Å²) in [6.45, 7) is 2.94. The lowest BCUT2D eigenvalue weighted by molar-refractivity contribution is -0.104. The summed E-state index contributed by atoms with van der Waals surface area (Å²) in [5, 5.41) is 0. The molecule has 1 aliphatic heterocycles. The normalized spacial score (nSPS) is 15.5. The van der Waals surface area contributed by atoms with E-state index in [-0.39, 0.29) is 12.0 Å². The molecule has 182 valence electrons. The van der Waals surface area contributed by atoms with E-state index >= 15 is 0 Å². The summed E-state index contributed by atoms with van der Waals surface area (Å²) in [5.41, 5.74) is 17.6. The van der Waals surface area contributed by atoms with Crippen LogP contribution in [0.3, 0.4) is 0 Å². The van der Waals surface area contributed by atoms with Gasteiger partial charge in [0.15, 0.2) is 11.5 Å². The van der Waals surface area contributed by atoms with Crippen LogP contribution in [0.25, 0.3) is 5.70 Å². The van der Waals surface area contributed by atoms with Crippen LogP contribution in [0.1, 0.15) is 47.2 Å². The van der Waals surface area contributed by atoms with Crippen molar-refractivity contribution >= 4 is 23.7 Å². The summed E-state index contributed by atoms with van der Waals surface area (Å²) in [6.07, 6.45) is 6.32. The summed E-state index contributed by atoms with van der Waals surface area (Å²) in [4.78, 5) is 22.3. The number of carbonyl (C=O) groups is 1. The zero-order valence-corrected chi connectivity index (χ0v) is 20.3. The lowest BCUT2D eigenvalue weighted by Gasteiger charge is -2.40. The Bertz CT molecular complexity index is 1260. The molecule has 4 rings (SSSR count). The van der Waals surface area contributed by atoms with E-state index in [0.29, 0.717) is 23.7 Å². The molecule has 4 N–H and O–H groups in total. The van der Waals surface area contributed by atoms with E-state index in [0.717, 1.165) is 48.1 Å². The molecule has 0 spiro atoms. The number of allylic oxidation sites excluding steroid dienone is 1. The van der Waals surface area contributed by atoms with Gasteiger partial charge in [-0.1, -0.05) is 31.2 Å². The van der Waals surface area contributed by atoms with Gasteiger partial charge >= 0.3 is 0 Å². The van der Waals surface area contributed by atoms with Crippen molar-refractivity contribution < 1.29 is 14.3 Å². The molecule has 0 saturated carbocycles. The smallest absolute Gasteiger partial charge is 0.221 e. The molecule has 8 nitrogen and oxygen atoms in total. The van der Waals surface area contributed by atoms with Gasteiger partial charge in [-0.15, -0.1) is 0 Å². The Balaban J connectivity index is 1.83. The third-order valence-electron chi connectivity index (χ3n) is 6.46. The van der Waals surface area contributed by atoms with E-state index < -0.39 is 0 Å². The van der Waals surface area contributed by atoms with Gasteiger partial charge in [-0.2, -0.15) is 4.98 Å². The predicted molar refractivity (Wildman–Crippen MR) is 137 cm³/mol. The second-order valence-electron chi connectivity index (χ2n) is 8.45. The van der Waals surface area contributed by atoms with Crippen LogP contribution < -0.4 is 20.9 Å². The number of benzene rings is 2. The average molecular weight is 474 g/mol. The highest BCUT2D eigenvalue weighted by atomic mass is 16.5. The topological polar surface area (TPSA) is 117 Å². The first-order valence-corrected chi connectivity index (χ1v) is 11.6. The highest BCUT2D eigenvalue weighted by Crippen LogP contribution is 2.43. The number of carbonyl (C=O) groups excluding carboxylic acids is 1. The standard InChI is InChI=1S/C27H31N5O3/c1-4-22-20-8-6-5-7-18(20)9-11-32(22)23(10-12-33)21-14-17(15-24(34-2)25(21)35-3)13-19-16-30-27(29)31-26(19)28/h5-8,10,12,14-16,22H,4,9,11,13H2,1-3H3,(H4,28,29,30,31). The molecule has 1 aliphatic rings. The van der Waals surface area contributed by atoms with Gasteiger partial charge in [-0.3, -0.25) is 4.79 Å². The molecule has 0 aliphatic carbocycles. The number of nitrogens with two attached hydrogens (primary N) is 2. The minimum atomic E-state index is 0.131.